The van der Waals surface area contributed by atoms with E-state index in [0.717, 1.165) is 5.56 Å². The van der Waals surface area contributed by atoms with Gasteiger partial charge in [-0.1, -0.05) is 30.3 Å². The molecule has 2 atom stereocenters. The lowest BCUT2D eigenvalue weighted by Crippen LogP contribution is -2.52. The number of hydrogen-bond acceptors (Lipinski definition) is 5. The van der Waals surface area contributed by atoms with Crippen molar-refractivity contribution in [1.29, 1.82) is 0 Å². The number of nitrogens with two attached hydrogens (primary N) is 1. The van der Waals surface area contributed by atoms with Crippen molar-refractivity contribution < 1.29 is 14.3 Å². The Morgan fingerprint density at radius 2 is 2.00 bits per heavy atom. The molecule has 5 nitrogen and oxygen atoms in total. The fraction of sp³-hybridized carbons (Fsp3) is 0.533. The van der Waals surface area contributed by atoms with Crippen molar-refractivity contribution in [1.82, 2.24) is 4.90 Å². The summed E-state index contributed by atoms with van der Waals surface area (Å²) >= 11 is 0. The Morgan fingerprint density at radius 3 is 2.60 bits per heavy atom. The van der Waals surface area contributed by atoms with Crippen LogP contribution in [0, 0.1) is 0 Å². The second kappa shape index (κ2) is 7.38. The maximum absolute atomic E-state index is 12.3. The van der Waals surface area contributed by atoms with Gasteiger partial charge >= 0.3 is 5.97 Å². The van der Waals surface area contributed by atoms with Gasteiger partial charge in [0, 0.05) is 13.1 Å². The summed E-state index contributed by atoms with van der Waals surface area (Å²) in [4.78, 5) is 14.3. The predicted octanol–water partition coefficient (Wildman–Crippen LogP) is 0.950. The molecule has 2 N–H and O–H groups in total. The number of carbonyl (C=O) groups excluding carboxylic acids is 1. The summed E-state index contributed by atoms with van der Waals surface area (Å²) in [7, 11) is 0. The fourth-order valence-corrected chi connectivity index (χ4v) is 2.46. The van der Waals surface area contributed by atoms with Crippen LogP contribution >= 0.6 is 0 Å². The van der Waals surface area contributed by atoms with Gasteiger partial charge in [-0.15, -0.1) is 0 Å². The molecule has 1 aliphatic rings. The molecular formula is C15H22N2O3. The number of hydrogen-bond donors (Lipinski definition) is 1. The number of carbonyl (C=O) groups is 1. The van der Waals surface area contributed by atoms with Crippen molar-refractivity contribution in [3.63, 3.8) is 0 Å². The highest BCUT2D eigenvalue weighted by Crippen LogP contribution is 2.21. The van der Waals surface area contributed by atoms with Gasteiger partial charge in [-0.05, 0) is 12.5 Å². The van der Waals surface area contributed by atoms with Crippen LogP contribution < -0.4 is 5.73 Å². The minimum Gasteiger partial charge on any atom is -0.465 e. The number of benzene rings is 1. The average Bonchev–Trinajstić information content (AvgIpc) is 2.50. The number of esters is 1. The lowest BCUT2D eigenvalue weighted by atomic mass is 9.98. The van der Waals surface area contributed by atoms with E-state index >= 15 is 0 Å². The summed E-state index contributed by atoms with van der Waals surface area (Å²) in [5.41, 5.74) is 7.26. The summed E-state index contributed by atoms with van der Waals surface area (Å²) in [5, 5.41) is 0. The van der Waals surface area contributed by atoms with E-state index in [1.165, 1.54) is 0 Å². The van der Waals surface area contributed by atoms with E-state index in [9.17, 15) is 4.79 Å². The van der Waals surface area contributed by atoms with Gasteiger partial charge in [-0.25, -0.2) is 0 Å². The van der Waals surface area contributed by atoms with Crippen molar-refractivity contribution in [3.8, 4) is 0 Å². The van der Waals surface area contributed by atoms with Gasteiger partial charge in [-0.3, -0.25) is 9.69 Å². The highest BCUT2D eigenvalue weighted by molar-refractivity contribution is 5.77. The normalized spacial score (nSPS) is 19.3. The molecule has 1 heterocycles. The van der Waals surface area contributed by atoms with E-state index < -0.39 is 12.1 Å². The standard InChI is InChI=1S/C15H22N2O3/c1-2-20-15(18)14(17-8-10-19-11-9-17)13(16)12-6-4-3-5-7-12/h3-7,13-14H,2,8-11,16H2,1H3/t13-,14+/m0/s1. The first kappa shape index (κ1) is 15.0. The van der Waals surface area contributed by atoms with Crippen LogP contribution in [0.4, 0.5) is 0 Å². The lowest BCUT2D eigenvalue weighted by molar-refractivity contribution is -0.152. The molecule has 1 aromatic carbocycles. The number of morpholine rings is 1. The molecule has 0 unspecified atom stereocenters. The Kier molecular flexibility index (Phi) is 5.52. The summed E-state index contributed by atoms with van der Waals surface area (Å²) in [6, 6.07) is 8.82. The topological polar surface area (TPSA) is 64.8 Å². The molecule has 5 heteroatoms. The molecule has 1 saturated heterocycles. The third kappa shape index (κ3) is 3.56. The van der Waals surface area contributed by atoms with Crippen molar-refractivity contribution in [3.05, 3.63) is 35.9 Å². The third-order valence-corrected chi connectivity index (χ3v) is 3.49. The van der Waals surface area contributed by atoms with Gasteiger partial charge in [0.25, 0.3) is 0 Å². The summed E-state index contributed by atoms with van der Waals surface area (Å²) < 4.78 is 10.5. The van der Waals surface area contributed by atoms with E-state index in [1.54, 1.807) is 0 Å². The Bertz CT molecular complexity index is 418. The Balaban J connectivity index is 2.18. The van der Waals surface area contributed by atoms with Gasteiger partial charge in [-0.2, -0.15) is 0 Å². The first-order chi connectivity index (χ1) is 9.74. The molecule has 0 bridgehead atoms. The largest absolute Gasteiger partial charge is 0.465 e. The number of nitrogens with zero attached hydrogens (tertiary/aromatic N) is 1. The SMILES string of the molecule is CCOC(=O)[C@@H]([C@@H](N)c1ccccc1)N1CCOCC1. The zero-order valence-electron chi connectivity index (χ0n) is 11.8. The summed E-state index contributed by atoms with van der Waals surface area (Å²) in [5.74, 6) is -0.259. The molecule has 1 aliphatic heterocycles. The van der Waals surface area contributed by atoms with E-state index in [2.05, 4.69) is 4.90 Å². The van der Waals surface area contributed by atoms with Crippen LogP contribution in [0.2, 0.25) is 0 Å². The molecule has 110 valence electrons. The van der Waals surface area contributed by atoms with Crippen LogP contribution in [0.25, 0.3) is 0 Å². The molecule has 2 rings (SSSR count). The Labute approximate surface area is 119 Å². The molecule has 1 fully saturated rings. The number of ether oxygens (including phenoxy) is 2. The molecule has 1 aromatic rings. The van der Waals surface area contributed by atoms with Crippen LogP contribution in [-0.2, 0) is 14.3 Å². The van der Waals surface area contributed by atoms with Gasteiger partial charge in [0.15, 0.2) is 0 Å². The summed E-state index contributed by atoms with van der Waals surface area (Å²) in [6.07, 6.45) is 0. The molecule has 0 aliphatic carbocycles. The number of rotatable bonds is 5. The Morgan fingerprint density at radius 1 is 1.35 bits per heavy atom. The molecule has 0 spiro atoms. The maximum Gasteiger partial charge on any atom is 0.325 e. The zero-order valence-corrected chi connectivity index (χ0v) is 11.8. The minimum atomic E-state index is -0.457. The van der Waals surface area contributed by atoms with Crippen molar-refractivity contribution >= 4 is 5.97 Å². The first-order valence-corrected chi connectivity index (χ1v) is 7.03. The third-order valence-electron chi connectivity index (χ3n) is 3.49. The smallest absolute Gasteiger partial charge is 0.325 e. The first-order valence-electron chi connectivity index (χ1n) is 7.03. The monoisotopic (exact) mass is 278 g/mol. The van der Waals surface area contributed by atoms with Crippen LogP contribution in [0.5, 0.6) is 0 Å². The Hall–Kier alpha value is -1.43. The average molecular weight is 278 g/mol. The van der Waals surface area contributed by atoms with Crippen LogP contribution in [0.1, 0.15) is 18.5 Å². The van der Waals surface area contributed by atoms with E-state index in [4.69, 9.17) is 15.2 Å². The van der Waals surface area contributed by atoms with Crippen LogP contribution in [0.3, 0.4) is 0 Å². The molecule has 0 aromatic heterocycles. The highest BCUT2D eigenvalue weighted by atomic mass is 16.5. The lowest BCUT2D eigenvalue weighted by Gasteiger charge is -2.36. The second-order valence-electron chi connectivity index (χ2n) is 4.78. The quantitative estimate of drug-likeness (QED) is 0.812. The van der Waals surface area contributed by atoms with Gasteiger partial charge < -0.3 is 15.2 Å². The summed E-state index contributed by atoms with van der Waals surface area (Å²) in [6.45, 7) is 4.81. The molecular weight excluding hydrogens is 256 g/mol. The van der Waals surface area contributed by atoms with E-state index in [1.807, 2.05) is 37.3 Å². The predicted molar refractivity (Wildman–Crippen MR) is 76.2 cm³/mol. The highest BCUT2D eigenvalue weighted by Gasteiger charge is 2.34. The van der Waals surface area contributed by atoms with Gasteiger partial charge in [0.05, 0.1) is 25.9 Å². The van der Waals surface area contributed by atoms with Crippen LogP contribution in [-0.4, -0.2) is 49.8 Å². The van der Waals surface area contributed by atoms with Crippen molar-refractivity contribution in [2.45, 2.75) is 19.0 Å². The zero-order chi connectivity index (χ0) is 14.4. The molecule has 0 amide bonds. The van der Waals surface area contributed by atoms with E-state index in [-0.39, 0.29) is 5.97 Å². The second-order valence-corrected chi connectivity index (χ2v) is 4.78. The van der Waals surface area contributed by atoms with Crippen molar-refractivity contribution in [2.24, 2.45) is 5.73 Å². The molecule has 20 heavy (non-hydrogen) atoms. The maximum atomic E-state index is 12.3. The molecule has 0 radical (unpaired) electrons. The van der Waals surface area contributed by atoms with Crippen molar-refractivity contribution in [2.75, 3.05) is 32.9 Å². The van der Waals surface area contributed by atoms with Gasteiger partial charge in [0.2, 0.25) is 0 Å². The molecule has 0 saturated carbocycles. The van der Waals surface area contributed by atoms with Crippen LogP contribution in [0.15, 0.2) is 30.3 Å². The minimum absolute atomic E-state index is 0.259. The van der Waals surface area contributed by atoms with E-state index in [0.29, 0.717) is 32.9 Å². The fourth-order valence-electron chi connectivity index (χ4n) is 2.46. The van der Waals surface area contributed by atoms with Gasteiger partial charge in [0.1, 0.15) is 6.04 Å².